The van der Waals surface area contributed by atoms with Crippen molar-refractivity contribution in [2.75, 3.05) is 6.54 Å². The summed E-state index contributed by atoms with van der Waals surface area (Å²) in [5.74, 6) is -1.08. The number of fused-ring (bicyclic) bond motifs is 3. The van der Waals surface area contributed by atoms with Crippen LogP contribution in [0.15, 0.2) is 42.9 Å². The van der Waals surface area contributed by atoms with E-state index in [-0.39, 0.29) is 12.0 Å². The second kappa shape index (κ2) is 9.12. The maximum atomic E-state index is 14.4. The molecule has 35 heavy (non-hydrogen) atoms. The standard InChI is InChI=1S/C24H23F4N5O2/c1-13-3-5-16(20(32-13)21-29-7-2-8-30-21)23(34)33-12-14-4-6-18(33)19(9-14)35-22-17(25)10-15(11-31-22)24(26,27)28/h2-3,5,7-8,10-11,14,18-19,23,34H,4,6,9,12H2,1H3. The number of halogens is 4. The Kier molecular flexibility index (Phi) is 6.14. The van der Waals surface area contributed by atoms with Crippen molar-refractivity contribution in [3.05, 3.63) is 65.5 Å². The molecule has 3 fully saturated rings. The number of pyridine rings is 2. The molecule has 1 N–H and O–H groups in total. The van der Waals surface area contributed by atoms with Gasteiger partial charge in [0, 0.05) is 42.4 Å². The second-order valence-electron chi connectivity index (χ2n) is 8.94. The summed E-state index contributed by atoms with van der Waals surface area (Å²) in [5.41, 5.74) is 0.570. The number of alkyl halides is 3. The first-order valence-corrected chi connectivity index (χ1v) is 11.3. The van der Waals surface area contributed by atoms with Crippen LogP contribution in [0.25, 0.3) is 11.5 Å². The molecule has 0 aromatic carbocycles. The van der Waals surface area contributed by atoms with Crippen LogP contribution < -0.4 is 4.74 Å². The Hall–Kier alpha value is -3.18. The van der Waals surface area contributed by atoms with Gasteiger partial charge in [0.1, 0.15) is 18.0 Å². The van der Waals surface area contributed by atoms with Crippen LogP contribution in [0.3, 0.4) is 0 Å². The molecule has 4 unspecified atom stereocenters. The fraction of sp³-hybridized carbons (Fsp3) is 0.417. The minimum atomic E-state index is -4.70. The van der Waals surface area contributed by atoms with Crippen LogP contribution in [0.5, 0.6) is 5.88 Å². The molecular weight excluding hydrogens is 466 g/mol. The lowest BCUT2D eigenvalue weighted by molar-refractivity contribution is -0.138. The summed E-state index contributed by atoms with van der Waals surface area (Å²) in [5, 5.41) is 11.4. The fourth-order valence-corrected chi connectivity index (χ4v) is 4.95. The van der Waals surface area contributed by atoms with E-state index in [1.54, 1.807) is 30.6 Å². The van der Waals surface area contributed by atoms with Gasteiger partial charge in [-0.15, -0.1) is 0 Å². The number of rotatable bonds is 5. The molecule has 4 atom stereocenters. The van der Waals surface area contributed by atoms with Gasteiger partial charge in [-0.1, -0.05) is 6.07 Å². The van der Waals surface area contributed by atoms with Crippen molar-refractivity contribution in [3.63, 3.8) is 0 Å². The largest absolute Gasteiger partial charge is 0.471 e. The third-order valence-corrected chi connectivity index (χ3v) is 6.59. The highest BCUT2D eigenvalue weighted by Crippen LogP contribution is 2.42. The first-order chi connectivity index (χ1) is 16.7. The zero-order valence-electron chi connectivity index (χ0n) is 18.8. The summed E-state index contributed by atoms with van der Waals surface area (Å²) in [7, 11) is 0. The van der Waals surface area contributed by atoms with Crippen molar-refractivity contribution >= 4 is 0 Å². The molecule has 1 saturated carbocycles. The highest BCUT2D eigenvalue weighted by Gasteiger charge is 2.45. The lowest BCUT2D eigenvalue weighted by Gasteiger charge is -2.51. The van der Waals surface area contributed by atoms with Gasteiger partial charge in [-0.25, -0.2) is 24.3 Å². The number of aryl methyl sites for hydroxylation is 1. The van der Waals surface area contributed by atoms with Crippen LogP contribution in [0.4, 0.5) is 17.6 Å². The van der Waals surface area contributed by atoms with E-state index >= 15 is 0 Å². The lowest BCUT2D eigenvalue weighted by atomic mass is 9.77. The van der Waals surface area contributed by atoms with E-state index in [4.69, 9.17) is 4.74 Å². The molecule has 2 bridgehead atoms. The molecule has 0 amide bonds. The number of ether oxygens (including phenoxy) is 1. The van der Waals surface area contributed by atoms with E-state index < -0.39 is 35.8 Å². The van der Waals surface area contributed by atoms with Crippen LogP contribution in [0, 0.1) is 18.7 Å². The van der Waals surface area contributed by atoms with Crippen molar-refractivity contribution in [2.24, 2.45) is 5.92 Å². The zero-order valence-corrected chi connectivity index (χ0v) is 18.8. The van der Waals surface area contributed by atoms with Crippen LogP contribution in [-0.2, 0) is 6.18 Å². The van der Waals surface area contributed by atoms with E-state index in [1.807, 2.05) is 11.8 Å². The van der Waals surface area contributed by atoms with Crippen molar-refractivity contribution in [3.8, 4) is 17.4 Å². The predicted octanol–water partition coefficient (Wildman–Crippen LogP) is 4.32. The molecule has 0 radical (unpaired) electrons. The smallest absolute Gasteiger partial charge is 0.417 e. The average Bonchev–Trinajstić information content (AvgIpc) is 2.85. The maximum absolute atomic E-state index is 14.4. The van der Waals surface area contributed by atoms with E-state index in [1.165, 1.54) is 0 Å². The number of hydrogen-bond donors (Lipinski definition) is 1. The van der Waals surface area contributed by atoms with E-state index in [0.717, 1.165) is 12.1 Å². The van der Waals surface area contributed by atoms with Gasteiger partial charge in [-0.05, 0) is 50.3 Å². The van der Waals surface area contributed by atoms with Gasteiger partial charge in [0.2, 0.25) is 0 Å². The van der Waals surface area contributed by atoms with Gasteiger partial charge in [-0.2, -0.15) is 13.2 Å². The molecule has 2 aliphatic heterocycles. The summed E-state index contributed by atoms with van der Waals surface area (Å²) in [6.45, 7) is 2.43. The summed E-state index contributed by atoms with van der Waals surface area (Å²) < 4.78 is 58.8. The Morgan fingerprint density at radius 2 is 1.91 bits per heavy atom. The molecule has 11 heteroatoms. The fourth-order valence-electron chi connectivity index (χ4n) is 4.95. The number of aliphatic hydroxyl groups excluding tert-OH is 1. The van der Waals surface area contributed by atoms with E-state index in [2.05, 4.69) is 19.9 Å². The van der Waals surface area contributed by atoms with Crippen molar-refractivity contribution in [1.29, 1.82) is 0 Å². The summed E-state index contributed by atoms with van der Waals surface area (Å²) in [6.07, 6.45) is -0.325. The van der Waals surface area contributed by atoms with Gasteiger partial charge >= 0.3 is 6.18 Å². The Balaban J connectivity index is 1.41. The number of aromatic nitrogens is 4. The highest BCUT2D eigenvalue weighted by atomic mass is 19.4. The van der Waals surface area contributed by atoms with E-state index in [0.29, 0.717) is 48.7 Å². The summed E-state index contributed by atoms with van der Waals surface area (Å²) in [6, 6.07) is 5.37. The molecule has 6 rings (SSSR count). The Morgan fingerprint density at radius 1 is 1.14 bits per heavy atom. The minimum absolute atomic E-state index is 0.173. The van der Waals surface area contributed by atoms with Crippen molar-refractivity contribution < 1.29 is 27.4 Å². The molecule has 5 heterocycles. The second-order valence-corrected chi connectivity index (χ2v) is 8.94. The van der Waals surface area contributed by atoms with Gasteiger partial charge in [0.15, 0.2) is 11.6 Å². The quantitative estimate of drug-likeness (QED) is 0.535. The van der Waals surface area contributed by atoms with Crippen LogP contribution >= 0.6 is 0 Å². The third kappa shape index (κ3) is 4.70. The van der Waals surface area contributed by atoms with E-state index in [9.17, 15) is 22.7 Å². The SMILES string of the molecule is Cc1ccc(C(O)N2CC3CCC2C(Oc2ncc(C(F)(F)F)cc2F)C3)c(-c2ncccn2)n1. The van der Waals surface area contributed by atoms with Crippen LogP contribution in [0.2, 0.25) is 0 Å². The number of aliphatic hydroxyl groups is 1. The number of piperidine rings is 2. The predicted molar refractivity (Wildman–Crippen MR) is 116 cm³/mol. The molecular formula is C24H23F4N5O2. The monoisotopic (exact) mass is 489 g/mol. The Morgan fingerprint density at radius 3 is 2.60 bits per heavy atom. The molecule has 3 aliphatic rings. The minimum Gasteiger partial charge on any atom is -0.471 e. The van der Waals surface area contributed by atoms with Crippen molar-refractivity contribution in [1.82, 2.24) is 24.8 Å². The first kappa shape index (κ1) is 23.6. The van der Waals surface area contributed by atoms with Gasteiger partial charge < -0.3 is 9.84 Å². The molecule has 3 aromatic heterocycles. The molecule has 184 valence electrons. The third-order valence-electron chi connectivity index (χ3n) is 6.59. The van der Waals surface area contributed by atoms with Crippen molar-refractivity contribution in [2.45, 2.75) is 50.7 Å². The highest BCUT2D eigenvalue weighted by molar-refractivity contribution is 5.55. The molecule has 7 nitrogen and oxygen atoms in total. The molecule has 2 saturated heterocycles. The van der Waals surface area contributed by atoms with Gasteiger partial charge in [0.05, 0.1) is 5.56 Å². The summed E-state index contributed by atoms with van der Waals surface area (Å²) >= 11 is 0. The first-order valence-electron chi connectivity index (χ1n) is 11.3. The maximum Gasteiger partial charge on any atom is 0.417 e. The normalized spacial score (nSPS) is 23.3. The number of hydrogen-bond acceptors (Lipinski definition) is 7. The molecule has 1 aliphatic carbocycles. The van der Waals surface area contributed by atoms with Crippen LogP contribution in [-0.4, -0.2) is 48.6 Å². The zero-order chi connectivity index (χ0) is 24.7. The van der Waals surface area contributed by atoms with Gasteiger partial charge in [0.25, 0.3) is 5.88 Å². The Bertz CT molecular complexity index is 1210. The molecule has 0 spiro atoms. The van der Waals surface area contributed by atoms with Crippen LogP contribution in [0.1, 0.15) is 42.3 Å². The molecule has 3 aromatic rings. The number of nitrogens with zero attached hydrogens (tertiary/aromatic N) is 5. The Labute approximate surface area is 198 Å². The van der Waals surface area contributed by atoms with Gasteiger partial charge in [-0.3, -0.25) is 4.90 Å². The summed E-state index contributed by atoms with van der Waals surface area (Å²) in [4.78, 5) is 18.6. The topological polar surface area (TPSA) is 84.3 Å². The average molecular weight is 489 g/mol. The lowest BCUT2D eigenvalue weighted by Crippen LogP contribution is -2.58.